The summed E-state index contributed by atoms with van der Waals surface area (Å²) in [4.78, 5) is 73.8. The third-order valence-electron chi connectivity index (χ3n) is 12.4. The number of aliphatic hydroxyl groups is 1. The van der Waals surface area contributed by atoms with Gasteiger partial charge in [-0.25, -0.2) is 9.69 Å². The molecule has 1 saturated carbocycles. The fourth-order valence-corrected chi connectivity index (χ4v) is 11.1. The summed E-state index contributed by atoms with van der Waals surface area (Å²) in [7, 11) is 1.70. The number of aromatic carboxylic acids is 1. The number of anilines is 2. The number of carboxylic acids is 1. The number of ether oxygens (including phenoxy) is 1. The van der Waals surface area contributed by atoms with Crippen LogP contribution in [0.1, 0.15) is 47.2 Å². The van der Waals surface area contributed by atoms with E-state index in [-0.39, 0.29) is 37.3 Å². The molecule has 5 aromatic rings. The van der Waals surface area contributed by atoms with Gasteiger partial charge in [-0.15, -0.1) is 11.3 Å². The molecule has 290 valence electrons. The number of aliphatic hydroxyl groups excluding tert-OH is 1. The lowest BCUT2D eigenvalue weighted by molar-refractivity contribution is -0.131. The SMILES string of the molecule is Cc1c(-c2cc(N3C(=O)C4CC5C(=CCC6C(=O)N(c7cccc(C(=O)O)c7)C(=O)C65)C(c5ccccc5OCCO)C4(C)C3=O)n(C)n2)sc2ccc(Cl)cc12. The lowest BCUT2D eigenvalue weighted by Gasteiger charge is -2.49. The van der Waals surface area contributed by atoms with Crippen molar-refractivity contribution >= 4 is 74.1 Å². The molecule has 3 fully saturated rings. The van der Waals surface area contributed by atoms with Crippen LogP contribution in [-0.4, -0.2) is 62.8 Å². The summed E-state index contributed by atoms with van der Waals surface area (Å²) < 4.78 is 8.61. The predicted octanol–water partition coefficient (Wildman–Crippen LogP) is 6.77. The lowest BCUT2D eigenvalue weighted by Crippen LogP contribution is -2.49. The smallest absolute Gasteiger partial charge is 0.335 e. The highest BCUT2D eigenvalue weighted by atomic mass is 35.5. The summed E-state index contributed by atoms with van der Waals surface area (Å²) >= 11 is 7.87. The average molecular weight is 805 g/mol. The Morgan fingerprint density at radius 3 is 2.54 bits per heavy atom. The minimum Gasteiger partial charge on any atom is -0.491 e. The number of hydrogen-bond donors (Lipinski definition) is 2. The van der Waals surface area contributed by atoms with E-state index in [4.69, 9.17) is 21.4 Å². The molecule has 0 bridgehead atoms. The van der Waals surface area contributed by atoms with Crippen LogP contribution in [-0.2, 0) is 26.2 Å². The van der Waals surface area contributed by atoms with Crippen molar-refractivity contribution < 1.29 is 38.9 Å². The highest BCUT2D eigenvalue weighted by Crippen LogP contribution is 2.64. The first-order valence-electron chi connectivity index (χ1n) is 18.7. The summed E-state index contributed by atoms with van der Waals surface area (Å²) in [6.45, 7) is 3.54. The molecule has 57 heavy (non-hydrogen) atoms. The van der Waals surface area contributed by atoms with Gasteiger partial charge in [-0.05, 0) is 86.0 Å². The molecule has 6 unspecified atom stereocenters. The number of imide groups is 2. The average Bonchev–Trinajstić information content (AvgIpc) is 3.87. The molecule has 6 atom stereocenters. The molecule has 4 heterocycles. The van der Waals surface area contributed by atoms with E-state index < -0.39 is 64.6 Å². The van der Waals surface area contributed by atoms with Gasteiger partial charge in [0.2, 0.25) is 23.6 Å². The van der Waals surface area contributed by atoms with Gasteiger partial charge in [-0.2, -0.15) is 5.10 Å². The normalized spacial score (nSPS) is 25.5. The van der Waals surface area contributed by atoms with Crippen molar-refractivity contribution in [2.24, 2.45) is 36.1 Å². The van der Waals surface area contributed by atoms with Crippen LogP contribution < -0.4 is 14.5 Å². The third-order valence-corrected chi connectivity index (χ3v) is 14.0. The van der Waals surface area contributed by atoms with Gasteiger partial charge in [0.15, 0.2) is 0 Å². The maximum atomic E-state index is 15.2. The van der Waals surface area contributed by atoms with E-state index >= 15 is 4.79 Å². The standard InChI is InChI=1S/C43H37ClN4O8S/c1-21-28-18-23(44)11-14-33(28)57-37(21)31-20-34(46(3)45-31)48-39(51)30-19-29-25(36(43(30,2)42(48)55)26-9-4-5-10-32(26)56-16-15-49)12-13-27-35(29)40(52)47(38(27)50)24-8-6-7-22(17-24)41(53)54/h4-12,14,17-18,20,27,29-30,35-36,49H,13,15-16,19H2,1-3H3,(H,53,54). The number of amides is 4. The van der Waals surface area contributed by atoms with Crippen LogP contribution in [0.3, 0.4) is 0 Å². The molecule has 4 amide bonds. The van der Waals surface area contributed by atoms with Gasteiger partial charge in [0.25, 0.3) is 0 Å². The monoisotopic (exact) mass is 804 g/mol. The molecule has 2 aliphatic heterocycles. The van der Waals surface area contributed by atoms with E-state index in [1.54, 1.807) is 48.2 Å². The minimum absolute atomic E-state index is 0.00540. The quantitative estimate of drug-likeness (QED) is 0.128. The van der Waals surface area contributed by atoms with E-state index in [1.165, 1.54) is 29.2 Å². The number of fused-ring (bicyclic) bond motifs is 5. The Labute approximate surface area is 335 Å². The van der Waals surface area contributed by atoms with Gasteiger partial charge in [-0.1, -0.05) is 47.5 Å². The van der Waals surface area contributed by atoms with Crippen molar-refractivity contribution in [2.75, 3.05) is 23.0 Å². The van der Waals surface area contributed by atoms with Gasteiger partial charge in [0.1, 0.15) is 23.9 Å². The largest absolute Gasteiger partial charge is 0.491 e. The van der Waals surface area contributed by atoms with Crippen LogP contribution in [0.5, 0.6) is 5.75 Å². The number of nitrogens with zero attached hydrogens (tertiary/aromatic N) is 4. The second-order valence-electron chi connectivity index (χ2n) is 15.3. The number of aryl methyl sites for hydroxylation is 2. The Morgan fingerprint density at radius 2 is 1.77 bits per heavy atom. The third kappa shape index (κ3) is 5.43. The molecule has 0 spiro atoms. The fraction of sp³-hybridized carbons (Fsp3) is 0.302. The number of aromatic nitrogens is 2. The van der Waals surface area contributed by atoms with Crippen LogP contribution in [0, 0.1) is 36.0 Å². The minimum atomic E-state index is -1.35. The maximum Gasteiger partial charge on any atom is 0.335 e. The van der Waals surface area contributed by atoms with Crippen molar-refractivity contribution in [3.8, 4) is 16.3 Å². The molecule has 2 aliphatic carbocycles. The summed E-state index contributed by atoms with van der Waals surface area (Å²) in [5, 5.41) is 25.8. The Kier molecular flexibility index (Phi) is 8.76. The number of benzene rings is 3. The first kappa shape index (κ1) is 37.0. The van der Waals surface area contributed by atoms with Crippen LogP contribution in [0.2, 0.25) is 5.02 Å². The van der Waals surface area contributed by atoms with Gasteiger partial charge in [0, 0.05) is 34.3 Å². The lowest BCUT2D eigenvalue weighted by atomic mass is 9.51. The molecule has 4 aliphatic rings. The molecule has 3 aromatic carbocycles. The molecule has 12 nitrogen and oxygen atoms in total. The summed E-state index contributed by atoms with van der Waals surface area (Å²) in [5.41, 5.74) is 1.74. The van der Waals surface area contributed by atoms with E-state index in [9.17, 15) is 29.4 Å². The van der Waals surface area contributed by atoms with Crippen LogP contribution >= 0.6 is 22.9 Å². The zero-order chi connectivity index (χ0) is 40.1. The number of carbonyl (C=O) groups is 5. The zero-order valence-corrected chi connectivity index (χ0v) is 32.7. The van der Waals surface area contributed by atoms with Crippen molar-refractivity contribution in [2.45, 2.75) is 32.6 Å². The highest BCUT2D eigenvalue weighted by Gasteiger charge is 2.68. The van der Waals surface area contributed by atoms with E-state index in [0.717, 1.165) is 31.0 Å². The second-order valence-corrected chi connectivity index (χ2v) is 16.8. The van der Waals surface area contributed by atoms with Crippen molar-refractivity contribution in [3.63, 3.8) is 0 Å². The van der Waals surface area contributed by atoms with Crippen molar-refractivity contribution in [3.05, 3.63) is 106 Å². The Morgan fingerprint density at radius 1 is 0.982 bits per heavy atom. The number of carbonyl (C=O) groups excluding carboxylic acids is 4. The first-order chi connectivity index (χ1) is 27.3. The number of para-hydroxylation sites is 1. The molecular formula is C43H37ClN4O8S. The molecule has 2 aromatic heterocycles. The van der Waals surface area contributed by atoms with E-state index in [0.29, 0.717) is 27.8 Å². The number of thiophene rings is 1. The number of rotatable bonds is 8. The zero-order valence-electron chi connectivity index (χ0n) is 31.1. The number of hydrogen-bond acceptors (Lipinski definition) is 9. The van der Waals surface area contributed by atoms with Crippen LogP contribution in [0.25, 0.3) is 20.7 Å². The fourth-order valence-electron chi connectivity index (χ4n) is 9.83. The molecular weight excluding hydrogens is 768 g/mol. The van der Waals surface area contributed by atoms with Crippen LogP contribution in [0.15, 0.2) is 84.4 Å². The Hall–Kier alpha value is -5.63. The number of allylic oxidation sites excluding steroid dienone is 2. The predicted molar refractivity (Wildman–Crippen MR) is 213 cm³/mol. The van der Waals surface area contributed by atoms with Gasteiger partial charge in [-0.3, -0.25) is 28.8 Å². The molecule has 2 N–H and O–H groups in total. The molecule has 2 saturated heterocycles. The van der Waals surface area contributed by atoms with E-state index in [2.05, 4.69) is 0 Å². The molecule has 9 rings (SSSR count). The second kappa shape index (κ2) is 13.5. The van der Waals surface area contributed by atoms with Crippen LogP contribution in [0.4, 0.5) is 11.5 Å². The van der Waals surface area contributed by atoms with E-state index in [1.807, 2.05) is 43.3 Å². The molecule has 0 radical (unpaired) electrons. The summed E-state index contributed by atoms with van der Waals surface area (Å²) in [5.74, 6) is -6.05. The van der Waals surface area contributed by atoms with Gasteiger partial charge >= 0.3 is 5.97 Å². The Bertz CT molecular complexity index is 2610. The highest BCUT2D eigenvalue weighted by molar-refractivity contribution is 7.22. The van der Waals surface area contributed by atoms with Gasteiger partial charge < -0.3 is 14.9 Å². The van der Waals surface area contributed by atoms with Gasteiger partial charge in [0.05, 0.1) is 45.9 Å². The van der Waals surface area contributed by atoms with Crippen molar-refractivity contribution in [1.82, 2.24) is 9.78 Å². The number of halogens is 1. The topological polar surface area (TPSA) is 159 Å². The number of carboxylic acid groups (broad SMARTS) is 1. The Balaban J connectivity index is 1.16. The first-order valence-corrected chi connectivity index (χ1v) is 19.9. The maximum absolute atomic E-state index is 15.2. The summed E-state index contributed by atoms with van der Waals surface area (Å²) in [6, 6.07) is 20.4. The molecule has 14 heteroatoms. The summed E-state index contributed by atoms with van der Waals surface area (Å²) in [6.07, 6.45) is 2.29. The van der Waals surface area contributed by atoms with Crippen molar-refractivity contribution in [1.29, 1.82) is 0 Å².